The molecule has 17 heavy (non-hydrogen) atoms. The van der Waals surface area contributed by atoms with Gasteiger partial charge in [0.15, 0.2) is 0 Å². The first-order valence-corrected chi connectivity index (χ1v) is 6.01. The van der Waals surface area contributed by atoms with Crippen LogP contribution in [0, 0.1) is 0 Å². The Morgan fingerprint density at radius 2 is 2.29 bits per heavy atom. The van der Waals surface area contributed by atoms with Crippen LogP contribution in [0.15, 0.2) is 18.2 Å². The molecule has 3 rings (SSSR count). The second-order valence-corrected chi connectivity index (χ2v) is 4.52. The van der Waals surface area contributed by atoms with Crippen molar-refractivity contribution in [2.45, 2.75) is 32.7 Å². The van der Waals surface area contributed by atoms with E-state index in [1.54, 1.807) is 0 Å². The molecule has 2 heterocycles. The van der Waals surface area contributed by atoms with E-state index in [1.165, 1.54) is 25.6 Å². The van der Waals surface area contributed by atoms with E-state index < -0.39 is 0 Å². The molecule has 0 aliphatic carbocycles. The van der Waals surface area contributed by atoms with Gasteiger partial charge in [0.25, 0.3) is 0 Å². The summed E-state index contributed by atoms with van der Waals surface area (Å²) in [6.07, 6.45) is 3.49. The molecule has 0 saturated carbocycles. The van der Waals surface area contributed by atoms with Gasteiger partial charge in [0.05, 0.1) is 11.0 Å². The molecule has 1 aliphatic rings. The first-order valence-electron chi connectivity index (χ1n) is 6.01. The zero-order chi connectivity index (χ0) is 11.8. The van der Waals surface area contributed by atoms with Crippen molar-refractivity contribution >= 4 is 22.6 Å². The molecule has 88 valence electrons. The van der Waals surface area contributed by atoms with Crippen molar-refractivity contribution in [3.8, 4) is 0 Å². The fraction of sp³-hybridized carbons (Fsp3) is 0.385. The number of amides is 1. The highest BCUT2D eigenvalue weighted by atomic mass is 16.1. The number of imidazole rings is 1. The van der Waals surface area contributed by atoms with Crippen LogP contribution in [0.5, 0.6) is 0 Å². The minimum Gasteiger partial charge on any atom is -0.328 e. The second kappa shape index (κ2) is 3.87. The Balaban J connectivity index is 2.11. The minimum atomic E-state index is -0.0391. The Hall–Kier alpha value is -1.84. The fourth-order valence-electron chi connectivity index (χ4n) is 2.45. The molecule has 4 heteroatoms. The van der Waals surface area contributed by atoms with Crippen LogP contribution in [0.25, 0.3) is 11.0 Å². The van der Waals surface area contributed by atoms with Gasteiger partial charge in [-0.15, -0.1) is 0 Å². The van der Waals surface area contributed by atoms with Crippen LogP contribution >= 0.6 is 0 Å². The molecule has 0 spiro atoms. The number of hydrogen-bond donors (Lipinski definition) is 1. The molecule has 0 fully saturated rings. The van der Waals surface area contributed by atoms with Gasteiger partial charge >= 0.3 is 0 Å². The normalized spacial score (nSPS) is 14.6. The van der Waals surface area contributed by atoms with E-state index in [0.29, 0.717) is 0 Å². The van der Waals surface area contributed by atoms with Crippen molar-refractivity contribution in [3.05, 3.63) is 24.0 Å². The molecular weight excluding hydrogens is 214 g/mol. The van der Waals surface area contributed by atoms with Crippen LogP contribution < -0.4 is 5.32 Å². The molecule has 1 amide bonds. The highest BCUT2D eigenvalue weighted by Gasteiger charge is 2.14. The van der Waals surface area contributed by atoms with Crippen LogP contribution in [-0.2, 0) is 17.8 Å². The third-order valence-electron chi connectivity index (χ3n) is 3.18. The molecule has 1 aromatic carbocycles. The van der Waals surface area contributed by atoms with Gasteiger partial charge in [-0.25, -0.2) is 4.98 Å². The summed E-state index contributed by atoms with van der Waals surface area (Å²) in [4.78, 5) is 15.7. The lowest BCUT2D eigenvalue weighted by Crippen LogP contribution is -2.10. The lowest BCUT2D eigenvalue weighted by molar-refractivity contribution is -0.114. The number of carbonyl (C=O) groups excluding carboxylic acids is 1. The van der Waals surface area contributed by atoms with Gasteiger partial charge in [0, 0.05) is 25.6 Å². The highest BCUT2D eigenvalue weighted by Crippen LogP contribution is 2.24. The van der Waals surface area contributed by atoms with E-state index in [2.05, 4.69) is 14.9 Å². The molecule has 0 unspecified atom stereocenters. The Morgan fingerprint density at radius 1 is 1.41 bits per heavy atom. The standard InChI is InChI=1S/C13H15N3O/c1-9(17)14-10-5-6-11-12(8-10)16-7-3-2-4-13(16)15-11/h5-6,8H,2-4,7H2,1H3,(H,14,17). The fourth-order valence-corrected chi connectivity index (χ4v) is 2.45. The zero-order valence-electron chi connectivity index (χ0n) is 9.86. The van der Waals surface area contributed by atoms with Gasteiger partial charge < -0.3 is 9.88 Å². The maximum Gasteiger partial charge on any atom is 0.221 e. The maximum atomic E-state index is 11.0. The van der Waals surface area contributed by atoms with E-state index in [0.717, 1.165) is 29.7 Å². The predicted octanol–water partition coefficient (Wildman–Crippen LogP) is 2.33. The van der Waals surface area contributed by atoms with E-state index in [9.17, 15) is 4.79 Å². The van der Waals surface area contributed by atoms with Crippen LogP contribution in [0.1, 0.15) is 25.6 Å². The predicted molar refractivity (Wildman–Crippen MR) is 67.0 cm³/mol. The molecule has 1 aliphatic heterocycles. The number of rotatable bonds is 1. The summed E-state index contributed by atoms with van der Waals surface area (Å²) in [7, 11) is 0. The van der Waals surface area contributed by atoms with Gasteiger partial charge in [-0.1, -0.05) is 0 Å². The van der Waals surface area contributed by atoms with Gasteiger partial charge in [-0.05, 0) is 31.0 Å². The van der Waals surface area contributed by atoms with Gasteiger partial charge in [0.1, 0.15) is 5.82 Å². The Morgan fingerprint density at radius 3 is 3.12 bits per heavy atom. The molecular formula is C13H15N3O. The summed E-state index contributed by atoms with van der Waals surface area (Å²) in [5.41, 5.74) is 3.00. The Labute approximate surface area is 99.6 Å². The van der Waals surface area contributed by atoms with Gasteiger partial charge in [-0.2, -0.15) is 0 Å². The molecule has 0 atom stereocenters. The van der Waals surface area contributed by atoms with Crippen molar-refractivity contribution in [3.63, 3.8) is 0 Å². The monoisotopic (exact) mass is 229 g/mol. The molecule has 0 saturated heterocycles. The summed E-state index contributed by atoms with van der Waals surface area (Å²) in [6.45, 7) is 2.56. The number of aromatic nitrogens is 2. The van der Waals surface area contributed by atoms with Crippen molar-refractivity contribution in [2.75, 3.05) is 5.32 Å². The first-order chi connectivity index (χ1) is 8.24. The largest absolute Gasteiger partial charge is 0.328 e. The van der Waals surface area contributed by atoms with Crippen LogP contribution in [0.2, 0.25) is 0 Å². The van der Waals surface area contributed by atoms with Gasteiger partial charge in [-0.3, -0.25) is 4.79 Å². The molecule has 0 bridgehead atoms. The highest BCUT2D eigenvalue weighted by molar-refractivity contribution is 5.91. The number of aryl methyl sites for hydroxylation is 2. The third-order valence-corrected chi connectivity index (χ3v) is 3.18. The number of carbonyl (C=O) groups is 1. The average molecular weight is 229 g/mol. The van der Waals surface area contributed by atoms with Crippen molar-refractivity contribution in [2.24, 2.45) is 0 Å². The maximum absolute atomic E-state index is 11.0. The lowest BCUT2D eigenvalue weighted by Gasteiger charge is -2.14. The van der Waals surface area contributed by atoms with E-state index in [1.807, 2.05) is 18.2 Å². The summed E-state index contributed by atoms with van der Waals surface area (Å²) in [5.74, 6) is 1.13. The summed E-state index contributed by atoms with van der Waals surface area (Å²) in [6, 6.07) is 5.90. The average Bonchev–Trinajstić information content (AvgIpc) is 2.66. The number of fused-ring (bicyclic) bond motifs is 3. The van der Waals surface area contributed by atoms with Crippen LogP contribution in [0.4, 0.5) is 5.69 Å². The van der Waals surface area contributed by atoms with E-state index in [-0.39, 0.29) is 5.91 Å². The number of nitrogens with zero attached hydrogens (tertiary/aromatic N) is 2. The Kier molecular flexibility index (Phi) is 2.35. The van der Waals surface area contributed by atoms with Crippen LogP contribution in [0.3, 0.4) is 0 Å². The summed E-state index contributed by atoms with van der Waals surface area (Å²) >= 11 is 0. The SMILES string of the molecule is CC(=O)Nc1ccc2nc3n(c2c1)CCCC3. The van der Waals surface area contributed by atoms with Crippen LogP contribution in [-0.4, -0.2) is 15.5 Å². The minimum absolute atomic E-state index is 0.0391. The molecule has 1 N–H and O–H groups in total. The number of nitrogens with one attached hydrogen (secondary N) is 1. The third kappa shape index (κ3) is 1.79. The van der Waals surface area contributed by atoms with Crippen molar-refractivity contribution < 1.29 is 4.79 Å². The Bertz CT molecular complexity index is 586. The first kappa shape index (κ1) is 10.3. The molecule has 2 aromatic rings. The van der Waals surface area contributed by atoms with Crippen molar-refractivity contribution in [1.82, 2.24) is 9.55 Å². The topological polar surface area (TPSA) is 46.9 Å². The van der Waals surface area contributed by atoms with Crippen molar-refractivity contribution in [1.29, 1.82) is 0 Å². The molecule has 0 radical (unpaired) electrons. The lowest BCUT2D eigenvalue weighted by atomic mass is 10.1. The number of benzene rings is 1. The quantitative estimate of drug-likeness (QED) is 0.815. The number of anilines is 1. The summed E-state index contributed by atoms with van der Waals surface area (Å²) < 4.78 is 2.27. The molecule has 4 nitrogen and oxygen atoms in total. The van der Waals surface area contributed by atoms with E-state index in [4.69, 9.17) is 0 Å². The molecule has 1 aromatic heterocycles. The smallest absolute Gasteiger partial charge is 0.221 e. The number of hydrogen-bond acceptors (Lipinski definition) is 2. The van der Waals surface area contributed by atoms with E-state index >= 15 is 0 Å². The zero-order valence-corrected chi connectivity index (χ0v) is 9.86. The van der Waals surface area contributed by atoms with Gasteiger partial charge in [0.2, 0.25) is 5.91 Å². The summed E-state index contributed by atoms with van der Waals surface area (Å²) in [5, 5.41) is 2.81. The second-order valence-electron chi connectivity index (χ2n) is 4.52.